The number of carbonyl (C=O) groups is 2. The molecule has 3 aromatic rings. The van der Waals surface area contributed by atoms with Crippen LogP contribution < -0.4 is 10.1 Å². The second-order valence-electron chi connectivity index (χ2n) is 7.96. The molecule has 31 heavy (non-hydrogen) atoms. The third kappa shape index (κ3) is 3.76. The Balaban J connectivity index is 1.52. The van der Waals surface area contributed by atoms with Gasteiger partial charge >= 0.3 is 6.03 Å². The molecule has 2 aromatic carbocycles. The highest BCUT2D eigenvalue weighted by Gasteiger charge is 2.49. The summed E-state index contributed by atoms with van der Waals surface area (Å²) in [7, 11) is 1.59. The number of imide groups is 1. The van der Waals surface area contributed by atoms with Crippen molar-refractivity contribution in [2.24, 2.45) is 0 Å². The Bertz CT molecular complexity index is 1110. The number of hydrogen-bond donors (Lipinski definition) is 1. The standard InChI is InChI=1S/C23H24N4O4/c1-14(2)15-5-9-17(10-6-15)23(3)21(28)27(22(29)25-23)13-19-24-20(26-31-19)16-7-11-18(30-4)12-8-16/h5-12,14H,13H2,1-4H3,(H,25,29). The van der Waals surface area contributed by atoms with Crippen molar-refractivity contribution in [3.05, 3.63) is 65.5 Å². The highest BCUT2D eigenvalue weighted by Crippen LogP contribution is 2.31. The Labute approximate surface area is 180 Å². The van der Waals surface area contributed by atoms with Crippen LogP contribution in [0.4, 0.5) is 4.79 Å². The quantitative estimate of drug-likeness (QED) is 0.609. The molecule has 1 N–H and O–H groups in total. The molecule has 1 aliphatic heterocycles. The highest BCUT2D eigenvalue weighted by molar-refractivity contribution is 6.07. The smallest absolute Gasteiger partial charge is 0.325 e. The van der Waals surface area contributed by atoms with Crippen LogP contribution in [0.15, 0.2) is 53.1 Å². The van der Waals surface area contributed by atoms with Crippen LogP contribution in [0.2, 0.25) is 0 Å². The Kier molecular flexibility index (Phi) is 5.22. The maximum atomic E-state index is 13.1. The number of nitrogens with zero attached hydrogens (tertiary/aromatic N) is 3. The Morgan fingerprint density at radius 2 is 1.77 bits per heavy atom. The number of carbonyl (C=O) groups excluding carboxylic acids is 2. The molecule has 3 amide bonds. The normalized spacial score (nSPS) is 18.5. The summed E-state index contributed by atoms with van der Waals surface area (Å²) in [6.07, 6.45) is 0. The number of urea groups is 1. The van der Waals surface area contributed by atoms with Crippen molar-refractivity contribution >= 4 is 11.9 Å². The van der Waals surface area contributed by atoms with Crippen LogP contribution in [0.5, 0.6) is 5.75 Å². The molecule has 0 aliphatic carbocycles. The minimum Gasteiger partial charge on any atom is -0.497 e. The second-order valence-corrected chi connectivity index (χ2v) is 7.96. The van der Waals surface area contributed by atoms with E-state index >= 15 is 0 Å². The summed E-state index contributed by atoms with van der Waals surface area (Å²) in [4.78, 5) is 31.2. The number of amides is 3. The van der Waals surface area contributed by atoms with Crippen molar-refractivity contribution in [3.63, 3.8) is 0 Å². The van der Waals surface area contributed by atoms with Crippen LogP contribution in [-0.2, 0) is 16.9 Å². The van der Waals surface area contributed by atoms with Gasteiger partial charge in [-0.3, -0.25) is 9.69 Å². The molecule has 1 atom stereocenters. The number of rotatable bonds is 6. The van der Waals surface area contributed by atoms with Crippen LogP contribution in [0.25, 0.3) is 11.4 Å². The van der Waals surface area contributed by atoms with Gasteiger partial charge in [-0.2, -0.15) is 4.98 Å². The zero-order valence-electron chi connectivity index (χ0n) is 17.9. The molecule has 0 spiro atoms. The molecule has 1 fully saturated rings. The number of nitrogens with one attached hydrogen (secondary N) is 1. The fourth-order valence-corrected chi connectivity index (χ4v) is 3.55. The topological polar surface area (TPSA) is 97.6 Å². The molecule has 8 nitrogen and oxygen atoms in total. The molecular weight excluding hydrogens is 396 g/mol. The van der Waals surface area contributed by atoms with Crippen LogP contribution in [-0.4, -0.2) is 34.1 Å². The van der Waals surface area contributed by atoms with E-state index in [0.29, 0.717) is 17.5 Å². The molecule has 8 heteroatoms. The van der Waals surface area contributed by atoms with E-state index in [0.717, 1.165) is 21.6 Å². The summed E-state index contributed by atoms with van der Waals surface area (Å²) in [5, 5.41) is 6.76. The predicted octanol–water partition coefficient (Wildman–Crippen LogP) is 3.84. The maximum absolute atomic E-state index is 13.1. The first-order valence-corrected chi connectivity index (χ1v) is 10.0. The molecule has 0 radical (unpaired) electrons. The fraction of sp³-hybridized carbons (Fsp3) is 0.304. The van der Waals surface area contributed by atoms with Crippen molar-refractivity contribution in [2.45, 2.75) is 38.8 Å². The Hall–Kier alpha value is -3.68. The molecule has 0 bridgehead atoms. The summed E-state index contributed by atoms with van der Waals surface area (Å²) < 4.78 is 10.4. The zero-order chi connectivity index (χ0) is 22.2. The van der Waals surface area contributed by atoms with Gasteiger partial charge in [-0.15, -0.1) is 0 Å². The van der Waals surface area contributed by atoms with Gasteiger partial charge in [-0.05, 0) is 48.2 Å². The van der Waals surface area contributed by atoms with Crippen molar-refractivity contribution in [3.8, 4) is 17.1 Å². The lowest BCUT2D eigenvalue weighted by Crippen LogP contribution is -2.40. The number of aromatic nitrogens is 2. The second kappa shape index (κ2) is 7.86. The van der Waals surface area contributed by atoms with E-state index in [1.165, 1.54) is 0 Å². The zero-order valence-corrected chi connectivity index (χ0v) is 17.9. The van der Waals surface area contributed by atoms with E-state index in [2.05, 4.69) is 29.3 Å². The van der Waals surface area contributed by atoms with Crippen molar-refractivity contribution in [1.29, 1.82) is 0 Å². The van der Waals surface area contributed by atoms with Crippen LogP contribution in [0.1, 0.15) is 43.7 Å². The van der Waals surface area contributed by atoms with E-state index in [1.807, 2.05) is 24.3 Å². The number of methoxy groups -OCH3 is 1. The molecule has 1 saturated heterocycles. The van der Waals surface area contributed by atoms with Crippen LogP contribution in [0, 0.1) is 0 Å². The molecule has 1 aromatic heterocycles. The summed E-state index contributed by atoms with van der Waals surface area (Å²) in [6.45, 7) is 5.80. The molecule has 0 saturated carbocycles. The van der Waals surface area contributed by atoms with Gasteiger partial charge in [0.2, 0.25) is 11.7 Å². The summed E-state index contributed by atoms with van der Waals surface area (Å²) in [5.74, 6) is 1.28. The van der Waals surface area contributed by atoms with E-state index in [9.17, 15) is 9.59 Å². The van der Waals surface area contributed by atoms with Crippen LogP contribution >= 0.6 is 0 Å². The predicted molar refractivity (Wildman–Crippen MR) is 113 cm³/mol. The molecule has 160 valence electrons. The third-order valence-corrected chi connectivity index (χ3v) is 5.54. The molecular formula is C23H24N4O4. The van der Waals surface area contributed by atoms with Gasteiger partial charge in [0.15, 0.2) is 0 Å². The minimum absolute atomic E-state index is 0.104. The van der Waals surface area contributed by atoms with Crippen LogP contribution in [0.3, 0.4) is 0 Å². The first kappa shape index (κ1) is 20.6. The van der Waals surface area contributed by atoms with Crippen molar-refractivity contribution < 1.29 is 18.8 Å². The Morgan fingerprint density at radius 3 is 2.39 bits per heavy atom. The van der Waals surface area contributed by atoms with Gasteiger partial charge in [0.1, 0.15) is 17.8 Å². The van der Waals surface area contributed by atoms with E-state index in [-0.39, 0.29) is 18.3 Å². The first-order valence-electron chi connectivity index (χ1n) is 10.0. The van der Waals surface area contributed by atoms with E-state index in [4.69, 9.17) is 9.26 Å². The fourth-order valence-electron chi connectivity index (χ4n) is 3.55. The SMILES string of the molecule is COc1ccc(-c2noc(CN3C(=O)NC(C)(c4ccc(C(C)C)cc4)C3=O)n2)cc1. The molecule has 1 aliphatic rings. The average molecular weight is 420 g/mol. The van der Waals surface area contributed by atoms with Gasteiger partial charge < -0.3 is 14.6 Å². The lowest BCUT2D eigenvalue weighted by Gasteiger charge is -2.22. The average Bonchev–Trinajstić information content (AvgIpc) is 3.33. The third-order valence-electron chi connectivity index (χ3n) is 5.54. The van der Waals surface area contributed by atoms with Crippen molar-refractivity contribution in [2.75, 3.05) is 7.11 Å². The lowest BCUT2D eigenvalue weighted by molar-refractivity contribution is -0.131. The van der Waals surface area contributed by atoms with Gasteiger partial charge in [0.05, 0.1) is 7.11 Å². The van der Waals surface area contributed by atoms with Gasteiger partial charge in [-0.25, -0.2) is 4.79 Å². The largest absolute Gasteiger partial charge is 0.497 e. The Morgan fingerprint density at radius 1 is 1.10 bits per heavy atom. The van der Waals surface area contributed by atoms with Crippen molar-refractivity contribution in [1.82, 2.24) is 20.4 Å². The maximum Gasteiger partial charge on any atom is 0.325 e. The van der Waals surface area contributed by atoms with Gasteiger partial charge in [0, 0.05) is 5.56 Å². The summed E-state index contributed by atoms with van der Waals surface area (Å²) in [6, 6.07) is 14.4. The molecule has 4 rings (SSSR count). The molecule has 1 unspecified atom stereocenters. The lowest BCUT2D eigenvalue weighted by atomic mass is 9.90. The number of ether oxygens (including phenoxy) is 1. The summed E-state index contributed by atoms with van der Waals surface area (Å²) >= 11 is 0. The summed E-state index contributed by atoms with van der Waals surface area (Å²) in [5.41, 5.74) is 1.48. The monoisotopic (exact) mass is 420 g/mol. The first-order chi connectivity index (χ1) is 14.8. The minimum atomic E-state index is -1.15. The van der Waals surface area contributed by atoms with Gasteiger partial charge in [0.25, 0.3) is 5.91 Å². The number of benzene rings is 2. The highest BCUT2D eigenvalue weighted by atomic mass is 16.5. The van der Waals surface area contributed by atoms with E-state index < -0.39 is 11.6 Å². The number of hydrogen-bond acceptors (Lipinski definition) is 6. The van der Waals surface area contributed by atoms with Gasteiger partial charge in [-0.1, -0.05) is 43.3 Å². The van der Waals surface area contributed by atoms with E-state index in [1.54, 1.807) is 38.3 Å². The molecule has 2 heterocycles.